The molecule has 34 heavy (non-hydrogen) atoms. The average Bonchev–Trinajstić information content (AvgIpc) is 3.28. The van der Waals surface area contributed by atoms with Crippen LogP contribution >= 0.6 is 0 Å². The maximum Gasteiger partial charge on any atom is 0.254 e. The third-order valence-electron chi connectivity index (χ3n) is 8.04. The second-order valence-corrected chi connectivity index (χ2v) is 10.3. The van der Waals surface area contributed by atoms with E-state index in [9.17, 15) is 4.79 Å². The topological polar surface area (TPSA) is 68.0 Å². The molecule has 7 nitrogen and oxygen atoms in total. The summed E-state index contributed by atoms with van der Waals surface area (Å²) in [6.07, 6.45) is 7.72. The molecule has 2 saturated heterocycles. The van der Waals surface area contributed by atoms with Crippen LogP contribution in [0, 0.1) is 5.92 Å². The smallest absolute Gasteiger partial charge is 0.254 e. The zero-order valence-electron chi connectivity index (χ0n) is 19.6. The van der Waals surface area contributed by atoms with E-state index in [-0.39, 0.29) is 5.91 Å². The molecule has 0 spiro atoms. The van der Waals surface area contributed by atoms with E-state index in [1.165, 1.54) is 19.3 Å². The van der Waals surface area contributed by atoms with Crippen LogP contribution in [0.5, 0.6) is 0 Å². The van der Waals surface area contributed by atoms with Gasteiger partial charge in [-0.2, -0.15) is 0 Å². The molecule has 1 aromatic carbocycles. The van der Waals surface area contributed by atoms with Crippen LogP contribution in [0.1, 0.15) is 42.5 Å². The molecule has 2 aliphatic heterocycles. The van der Waals surface area contributed by atoms with Crippen LogP contribution in [-0.2, 0) is 13.6 Å². The van der Waals surface area contributed by atoms with Crippen LogP contribution in [0.3, 0.4) is 0 Å². The Balaban J connectivity index is 1.28. The minimum atomic E-state index is 0.138. The number of pyridine rings is 1. The molecule has 1 aliphatic carbocycles. The Hall–Kier alpha value is -3.19. The number of aryl methyl sites for hydroxylation is 1. The zero-order valence-corrected chi connectivity index (χ0v) is 19.6. The first-order valence-corrected chi connectivity index (χ1v) is 12.6. The van der Waals surface area contributed by atoms with E-state index >= 15 is 0 Å². The first-order valence-electron chi connectivity index (χ1n) is 12.6. The fourth-order valence-electron chi connectivity index (χ4n) is 6.06. The number of amides is 1. The molecule has 7 heteroatoms. The van der Waals surface area contributed by atoms with Crippen molar-refractivity contribution in [3.63, 3.8) is 0 Å². The molecule has 2 unspecified atom stereocenters. The van der Waals surface area contributed by atoms with Crippen molar-refractivity contribution in [2.75, 3.05) is 13.1 Å². The van der Waals surface area contributed by atoms with Crippen LogP contribution in [0.15, 0.2) is 42.6 Å². The molecule has 3 aromatic heterocycles. The van der Waals surface area contributed by atoms with Crippen molar-refractivity contribution in [2.24, 2.45) is 13.0 Å². The molecule has 2 atom stereocenters. The lowest BCUT2D eigenvalue weighted by atomic mass is 9.96. The molecule has 174 valence electrons. The number of imidazole rings is 1. The highest BCUT2D eigenvalue weighted by Crippen LogP contribution is 2.36. The van der Waals surface area contributed by atoms with Crippen molar-refractivity contribution in [1.82, 2.24) is 29.3 Å². The minimum Gasteiger partial charge on any atom is -0.334 e. The Morgan fingerprint density at radius 3 is 2.94 bits per heavy atom. The van der Waals surface area contributed by atoms with Crippen molar-refractivity contribution < 1.29 is 4.79 Å². The van der Waals surface area contributed by atoms with E-state index in [4.69, 9.17) is 4.98 Å². The van der Waals surface area contributed by atoms with Gasteiger partial charge in [0.2, 0.25) is 0 Å². The number of rotatable bonds is 4. The second kappa shape index (κ2) is 7.67. The number of nitrogens with one attached hydrogen (secondary N) is 1. The summed E-state index contributed by atoms with van der Waals surface area (Å²) < 4.78 is 4.49. The highest BCUT2D eigenvalue weighted by atomic mass is 16.2. The second-order valence-electron chi connectivity index (χ2n) is 10.3. The normalized spacial score (nSPS) is 22.6. The third-order valence-corrected chi connectivity index (χ3v) is 8.04. The van der Waals surface area contributed by atoms with Crippen LogP contribution in [-0.4, -0.2) is 55.1 Å². The summed E-state index contributed by atoms with van der Waals surface area (Å²) >= 11 is 0. The SMILES string of the molecule is Cn1c(-c2cc3cccnc3n2CC2CC2)nc2cc(C(=O)N3CCCC4NCCC43)ccc21. The molecule has 7 rings (SSSR count). The minimum absolute atomic E-state index is 0.138. The summed E-state index contributed by atoms with van der Waals surface area (Å²) in [5.74, 6) is 1.80. The summed E-state index contributed by atoms with van der Waals surface area (Å²) in [4.78, 5) is 25.3. The number of fused-ring (bicyclic) bond motifs is 3. The predicted octanol–water partition coefficient (Wildman–Crippen LogP) is 3.97. The molecule has 0 radical (unpaired) electrons. The van der Waals surface area contributed by atoms with Gasteiger partial charge in [-0.15, -0.1) is 0 Å². The number of hydrogen-bond donors (Lipinski definition) is 1. The lowest BCUT2D eigenvalue weighted by molar-refractivity contribution is 0.0600. The van der Waals surface area contributed by atoms with Gasteiger partial charge in [0.25, 0.3) is 5.91 Å². The van der Waals surface area contributed by atoms with E-state index in [0.717, 1.165) is 77.5 Å². The van der Waals surface area contributed by atoms with Gasteiger partial charge in [-0.1, -0.05) is 0 Å². The van der Waals surface area contributed by atoms with Crippen molar-refractivity contribution in [3.8, 4) is 11.5 Å². The van der Waals surface area contributed by atoms with Crippen LogP contribution in [0.2, 0.25) is 0 Å². The molecule has 3 fully saturated rings. The van der Waals surface area contributed by atoms with Gasteiger partial charge in [-0.05, 0) is 81.0 Å². The zero-order chi connectivity index (χ0) is 22.8. The molecular formula is C27H30N6O. The molecular weight excluding hydrogens is 424 g/mol. The van der Waals surface area contributed by atoms with Crippen LogP contribution in [0.4, 0.5) is 0 Å². The highest BCUT2D eigenvalue weighted by molar-refractivity contribution is 5.98. The third kappa shape index (κ3) is 3.17. The van der Waals surface area contributed by atoms with Gasteiger partial charge in [-0.3, -0.25) is 4.79 Å². The average molecular weight is 455 g/mol. The summed E-state index contributed by atoms with van der Waals surface area (Å²) in [6, 6.07) is 13.1. The van der Waals surface area contributed by atoms with E-state index in [1.807, 2.05) is 24.4 Å². The Bertz CT molecular complexity index is 1410. The van der Waals surface area contributed by atoms with Gasteiger partial charge in [0.15, 0.2) is 5.82 Å². The Kier molecular flexibility index (Phi) is 4.56. The highest BCUT2D eigenvalue weighted by Gasteiger charge is 2.37. The fraction of sp³-hybridized carbons (Fsp3) is 0.444. The van der Waals surface area contributed by atoms with Crippen molar-refractivity contribution in [3.05, 3.63) is 48.2 Å². The summed E-state index contributed by atoms with van der Waals surface area (Å²) in [6.45, 7) is 2.83. The van der Waals surface area contributed by atoms with Gasteiger partial charge in [0, 0.05) is 49.4 Å². The van der Waals surface area contributed by atoms with E-state index in [2.05, 4.69) is 49.6 Å². The number of benzene rings is 1. The largest absolute Gasteiger partial charge is 0.334 e. The number of hydrogen-bond acceptors (Lipinski definition) is 4. The molecule has 5 heterocycles. The van der Waals surface area contributed by atoms with Gasteiger partial charge >= 0.3 is 0 Å². The molecule has 4 aromatic rings. The monoisotopic (exact) mass is 454 g/mol. The number of carbonyl (C=O) groups excluding carboxylic acids is 1. The summed E-state index contributed by atoms with van der Waals surface area (Å²) in [5.41, 5.74) is 4.78. The number of carbonyl (C=O) groups is 1. The van der Waals surface area contributed by atoms with E-state index in [0.29, 0.717) is 12.1 Å². The predicted molar refractivity (Wildman–Crippen MR) is 133 cm³/mol. The maximum atomic E-state index is 13.5. The lowest BCUT2D eigenvalue weighted by Gasteiger charge is -2.37. The first kappa shape index (κ1) is 20.2. The Labute approximate surface area is 198 Å². The van der Waals surface area contributed by atoms with Gasteiger partial charge in [0.05, 0.1) is 16.7 Å². The molecule has 1 saturated carbocycles. The van der Waals surface area contributed by atoms with Crippen molar-refractivity contribution >= 4 is 28.0 Å². The molecule has 1 amide bonds. The molecule has 1 N–H and O–H groups in total. The number of piperidine rings is 1. The first-order chi connectivity index (χ1) is 16.7. The fourth-order valence-corrected chi connectivity index (χ4v) is 6.06. The lowest BCUT2D eigenvalue weighted by Crippen LogP contribution is -2.51. The van der Waals surface area contributed by atoms with E-state index in [1.54, 1.807) is 0 Å². The van der Waals surface area contributed by atoms with Gasteiger partial charge in [-0.25, -0.2) is 9.97 Å². The Morgan fingerprint density at radius 2 is 2.06 bits per heavy atom. The van der Waals surface area contributed by atoms with Crippen LogP contribution in [0.25, 0.3) is 33.6 Å². The Morgan fingerprint density at radius 1 is 1.15 bits per heavy atom. The quantitative estimate of drug-likeness (QED) is 0.507. The summed E-state index contributed by atoms with van der Waals surface area (Å²) in [5, 5.41) is 4.71. The van der Waals surface area contributed by atoms with E-state index < -0.39 is 0 Å². The van der Waals surface area contributed by atoms with Crippen LogP contribution < -0.4 is 5.32 Å². The maximum absolute atomic E-state index is 13.5. The van der Waals surface area contributed by atoms with Gasteiger partial charge in [0.1, 0.15) is 5.65 Å². The van der Waals surface area contributed by atoms with Crippen molar-refractivity contribution in [2.45, 2.75) is 50.7 Å². The van der Waals surface area contributed by atoms with Gasteiger partial charge < -0.3 is 19.4 Å². The number of aromatic nitrogens is 4. The van der Waals surface area contributed by atoms with Crippen molar-refractivity contribution in [1.29, 1.82) is 0 Å². The molecule has 3 aliphatic rings. The number of nitrogens with zero attached hydrogens (tertiary/aromatic N) is 5. The standard InChI is InChI=1S/C27H30N6O/c1-31-22-9-8-19(27(34)32-13-3-5-20-23(32)10-12-28-20)14-21(22)30-26(31)24-15-18-4-2-11-29-25(18)33(24)16-17-6-7-17/h2,4,8-9,11,14-15,17,20,23,28H,3,5-7,10,12-13,16H2,1H3. The number of likely N-dealkylation sites (tertiary alicyclic amines) is 1. The molecule has 0 bridgehead atoms. The summed E-state index contributed by atoms with van der Waals surface area (Å²) in [7, 11) is 2.07.